The lowest BCUT2D eigenvalue weighted by Gasteiger charge is -2.17. The second kappa shape index (κ2) is 4.58. The van der Waals surface area contributed by atoms with Gasteiger partial charge in [-0.2, -0.15) is 4.79 Å². The first kappa shape index (κ1) is 11.6. The summed E-state index contributed by atoms with van der Waals surface area (Å²) in [5, 5.41) is 0. The van der Waals surface area contributed by atoms with E-state index in [1.165, 1.54) is 6.08 Å². The van der Waals surface area contributed by atoms with Gasteiger partial charge in [-0.05, 0) is 27.7 Å². The van der Waals surface area contributed by atoms with E-state index in [9.17, 15) is 4.79 Å². The van der Waals surface area contributed by atoms with E-state index in [0.29, 0.717) is 0 Å². The van der Waals surface area contributed by atoms with Gasteiger partial charge in [0, 0.05) is 6.08 Å². The van der Waals surface area contributed by atoms with Crippen molar-refractivity contribution >= 4 is 11.7 Å². The molecule has 0 bridgehead atoms. The maximum atomic E-state index is 11.2. The Morgan fingerprint density at radius 2 is 2.00 bits per heavy atom. The molecule has 0 amide bonds. The van der Waals surface area contributed by atoms with Crippen molar-refractivity contribution in [1.82, 2.24) is 0 Å². The van der Waals surface area contributed by atoms with Gasteiger partial charge >= 0.3 is 11.7 Å². The normalized spacial score (nSPS) is 11.1. The molecular formula is C9H14N2O2. The lowest BCUT2D eigenvalue weighted by molar-refractivity contribution is -0.150. The minimum absolute atomic E-state index is 0.0996. The zero-order chi connectivity index (χ0) is 10.5. The predicted molar refractivity (Wildman–Crippen MR) is 49.3 cm³/mol. The van der Waals surface area contributed by atoms with Gasteiger partial charge in [-0.1, -0.05) is 6.08 Å². The smallest absolute Gasteiger partial charge is 0.422 e. The highest BCUT2D eigenvalue weighted by atomic mass is 16.6. The summed E-state index contributed by atoms with van der Waals surface area (Å²) in [6, 6.07) is 0. The Labute approximate surface area is 77.8 Å². The molecule has 4 heteroatoms. The third-order valence-corrected chi connectivity index (χ3v) is 1.04. The van der Waals surface area contributed by atoms with Gasteiger partial charge in [-0.15, -0.1) is 0 Å². The molecule has 0 aromatic heterocycles. The quantitative estimate of drug-likeness (QED) is 0.281. The van der Waals surface area contributed by atoms with Crippen LogP contribution in [0.15, 0.2) is 12.2 Å². The predicted octanol–water partition coefficient (Wildman–Crippen LogP) is 1.58. The number of allylic oxidation sites excluding steroid dienone is 1. The topological polar surface area (TPSA) is 62.7 Å². The van der Waals surface area contributed by atoms with Crippen LogP contribution in [0.25, 0.3) is 5.53 Å². The number of carbonyl (C=O) groups is 1. The fourth-order valence-electron chi connectivity index (χ4n) is 0.630. The van der Waals surface area contributed by atoms with Gasteiger partial charge in [0.15, 0.2) is 0 Å². The Hall–Kier alpha value is -1.41. The van der Waals surface area contributed by atoms with Crippen LogP contribution in [0.5, 0.6) is 0 Å². The standard InChI is InChI=1S/C9H14N2O2/c1-5-6-7(11-10)8(12)13-9(2,3)4/h5-6H,1-4H3/b6-5+. The number of rotatable bonds is 2. The van der Waals surface area contributed by atoms with E-state index >= 15 is 0 Å². The van der Waals surface area contributed by atoms with Crippen LogP contribution in [-0.4, -0.2) is 22.1 Å². The zero-order valence-electron chi connectivity index (χ0n) is 8.37. The molecule has 0 aliphatic carbocycles. The first-order valence-corrected chi connectivity index (χ1v) is 3.99. The fourth-order valence-corrected chi connectivity index (χ4v) is 0.630. The summed E-state index contributed by atoms with van der Waals surface area (Å²) < 4.78 is 4.96. The van der Waals surface area contributed by atoms with Crippen LogP contribution < -0.4 is 0 Å². The summed E-state index contributed by atoms with van der Waals surface area (Å²) in [7, 11) is 0. The van der Waals surface area contributed by atoms with Gasteiger partial charge in [0.1, 0.15) is 5.60 Å². The van der Waals surface area contributed by atoms with Crippen molar-refractivity contribution in [2.45, 2.75) is 33.3 Å². The number of nitrogens with zero attached hydrogens (tertiary/aromatic N) is 2. The van der Waals surface area contributed by atoms with Crippen LogP contribution in [0.2, 0.25) is 0 Å². The van der Waals surface area contributed by atoms with Crippen LogP contribution in [0.4, 0.5) is 0 Å². The van der Waals surface area contributed by atoms with Gasteiger partial charge in [0.2, 0.25) is 0 Å². The molecule has 0 aromatic rings. The van der Waals surface area contributed by atoms with Crippen molar-refractivity contribution in [3.8, 4) is 0 Å². The molecule has 0 aliphatic heterocycles. The van der Waals surface area contributed by atoms with Crippen LogP contribution in [0, 0.1) is 0 Å². The molecule has 0 unspecified atom stereocenters. The molecule has 0 radical (unpaired) electrons. The highest BCUT2D eigenvalue weighted by Gasteiger charge is 2.24. The lowest BCUT2D eigenvalue weighted by Crippen LogP contribution is -2.28. The molecule has 0 rings (SSSR count). The van der Waals surface area contributed by atoms with E-state index in [4.69, 9.17) is 10.3 Å². The number of hydrogen-bond donors (Lipinski definition) is 0. The maximum absolute atomic E-state index is 11.2. The zero-order valence-corrected chi connectivity index (χ0v) is 8.37. The average molecular weight is 182 g/mol. The molecule has 0 heterocycles. The monoisotopic (exact) mass is 182 g/mol. The molecule has 0 aromatic carbocycles. The fraction of sp³-hybridized carbons (Fsp3) is 0.556. The van der Waals surface area contributed by atoms with Crippen molar-refractivity contribution < 1.29 is 14.3 Å². The Bertz CT molecular complexity index is 268. The van der Waals surface area contributed by atoms with E-state index in [2.05, 4.69) is 4.79 Å². The van der Waals surface area contributed by atoms with E-state index in [1.807, 2.05) is 0 Å². The highest BCUT2D eigenvalue weighted by molar-refractivity contribution is 6.38. The van der Waals surface area contributed by atoms with Crippen LogP contribution >= 0.6 is 0 Å². The first-order valence-electron chi connectivity index (χ1n) is 3.99. The van der Waals surface area contributed by atoms with Crippen molar-refractivity contribution in [3.63, 3.8) is 0 Å². The van der Waals surface area contributed by atoms with E-state index in [1.54, 1.807) is 33.8 Å². The third-order valence-electron chi connectivity index (χ3n) is 1.04. The Morgan fingerprint density at radius 3 is 2.31 bits per heavy atom. The van der Waals surface area contributed by atoms with Crippen LogP contribution in [0.1, 0.15) is 27.7 Å². The molecule has 0 saturated heterocycles. The molecule has 0 aliphatic rings. The Morgan fingerprint density at radius 1 is 1.46 bits per heavy atom. The molecule has 0 fully saturated rings. The van der Waals surface area contributed by atoms with Crippen molar-refractivity contribution in [3.05, 3.63) is 17.7 Å². The summed E-state index contributed by atoms with van der Waals surface area (Å²) in [6.45, 7) is 6.95. The summed E-state index contributed by atoms with van der Waals surface area (Å²) in [6.07, 6.45) is 2.98. The largest absolute Gasteiger partial charge is 0.451 e. The van der Waals surface area contributed by atoms with Crippen molar-refractivity contribution in [2.75, 3.05) is 0 Å². The van der Waals surface area contributed by atoms with Gasteiger partial charge in [-0.25, -0.2) is 4.79 Å². The second-order valence-corrected chi connectivity index (χ2v) is 3.49. The minimum Gasteiger partial charge on any atom is -0.451 e. The summed E-state index contributed by atoms with van der Waals surface area (Å²) >= 11 is 0. The lowest BCUT2D eigenvalue weighted by atomic mass is 10.2. The van der Waals surface area contributed by atoms with E-state index in [-0.39, 0.29) is 5.71 Å². The van der Waals surface area contributed by atoms with Gasteiger partial charge in [0.25, 0.3) is 0 Å². The highest BCUT2D eigenvalue weighted by Crippen LogP contribution is 2.07. The van der Waals surface area contributed by atoms with Crippen molar-refractivity contribution in [1.29, 1.82) is 0 Å². The molecule has 0 N–H and O–H groups in total. The molecule has 4 nitrogen and oxygen atoms in total. The molecule has 72 valence electrons. The Kier molecular flexibility index (Phi) is 4.08. The summed E-state index contributed by atoms with van der Waals surface area (Å²) in [5.41, 5.74) is 7.79. The second-order valence-electron chi connectivity index (χ2n) is 3.49. The molecule has 0 spiro atoms. The summed E-state index contributed by atoms with van der Waals surface area (Å²) in [4.78, 5) is 14.0. The van der Waals surface area contributed by atoms with Gasteiger partial charge in [0.05, 0.1) is 0 Å². The van der Waals surface area contributed by atoms with E-state index < -0.39 is 11.6 Å². The molecule has 0 atom stereocenters. The minimum atomic E-state index is -0.631. The molecular weight excluding hydrogens is 168 g/mol. The van der Waals surface area contributed by atoms with Crippen molar-refractivity contribution in [2.24, 2.45) is 0 Å². The first-order chi connectivity index (χ1) is 5.90. The van der Waals surface area contributed by atoms with Gasteiger partial charge < -0.3 is 10.3 Å². The SMILES string of the molecule is C/C=C/C(=[N+]=[N-])C(=O)OC(C)(C)C. The Balaban J connectivity index is 4.52. The number of carbonyl (C=O) groups excluding carboxylic acids is 1. The molecule has 0 saturated carbocycles. The van der Waals surface area contributed by atoms with Gasteiger partial charge in [-0.3, -0.25) is 0 Å². The third kappa shape index (κ3) is 4.93. The van der Waals surface area contributed by atoms with Crippen LogP contribution in [0.3, 0.4) is 0 Å². The number of hydrogen-bond acceptors (Lipinski definition) is 2. The molecule has 13 heavy (non-hydrogen) atoms. The number of esters is 1. The maximum Gasteiger partial charge on any atom is 0.422 e. The number of ether oxygens (including phenoxy) is 1. The summed E-state index contributed by atoms with van der Waals surface area (Å²) in [5.74, 6) is -0.631. The van der Waals surface area contributed by atoms with Crippen LogP contribution in [-0.2, 0) is 9.53 Å². The van der Waals surface area contributed by atoms with E-state index in [0.717, 1.165) is 0 Å². The average Bonchev–Trinajstić information content (AvgIpc) is 1.96.